The van der Waals surface area contributed by atoms with Crippen molar-refractivity contribution in [3.05, 3.63) is 69.9 Å². The Bertz CT molecular complexity index is 1240. The molecule has 0 unspecified atom stereocenters. The molecule has 1 fully saturated rings. The van der Waals surface area contributed by atoms with Gasteiger partial charge in [-0.25, -0.2) is 4.79 Å². The van der Waals surface area contributed by atoms with Gasteiger partial charge >= 0.3 is 6.03 Å². The van der Waals surface area contributed by atoms with Crippen LogP contribution in [0.1, 0.15) is 16.8 Å². The molecule has 0 saturated carbocycles. The molecule has 1 aromatic heterocycles. The van der Waals surface area contributed by atoms with Crippen LogP contribution in [-0.2, 0) is 16.1 Å². The van der Waals surface area contributed by atoms with Gasteiger partial charge in [0.15, 0.2) is 0 Å². The molecule has 7 nitrogen and oxygen atoms in total. The van der Waals surface area contributed by atoms with Crippen LogP contribution in [0.4, 0.5) is 4.79 Å². The van der Waals surface area contributed by atoms with Crippen LogP contribution in [-0.4, -0.2) is 29.0 Å². The minimum Gasteiger partial charge on any atom is -0.492 e. The monoisotopic (exact) mass is 437 g/mol. The van der Waals surface area contributed by atoms with E-state index in [0.717, 1.165) is 33.5 Å². The molecule has 2 N–H and O–H groups in total. The summed E-state index contributed by atoms with van der Waals surface area (Å²) < 4.78 is 7.97. The summed E-state index contributed by atoms with van der Waals surface area (Å²) in [5.74, 6) is -0.698. The molecule has 0 atom stereocenters. The van der Waals surface area contributed by atoms with Crippen LogP contribution in [0, 0.1) is 13.8 Å². The van der Waals surface area contributed by atoms with E-state index in [1.54, 1.807) is 6.07 Å². The number of barbiturate groups is 1. The first-order chi connectivity index (χ1) is 14.8. The van der Waals surface area contributed by atoms with E-state index >= 15 is 0 Å². The van der Waals surface area contributed by atoms with Crippen molar-refractivity contribution in [3.63, 3.8) is 0 Å². The van der Waals surface area contributed by atoms with Crippen molar-refractivity contribution in [1.29, 1.82) is 0 Å². The Hall–Kier alpha value is -3.58. The third kappa shape index (κ3) is 4.04. The second-order valence-corrected chi connectivity index (χ2v) is 7.63. The largest absolute Gasteiger partial charge is 0.492 e. The molecule has 1 aliphatic heterocycles. The highest BCUT2D eigenvalue weighted by atomic mass is 35.5. The number of aromatic nitrogens is 1. The van der Waals surface area contributed by atoms with Crippen LogP contribution in [0.2, 0.25) is 5.02 Å². The summed E-state index contributed by atoms with van der Waals surface area (Å²) in [7, 11) is 0. The molecule has 31 heavy (non-hydrogen) atoms. The lowest BCUT2D eigenvalue weighted by Gasteiger charge is -2.14. The molecule has 0 bridgehead atoms. The molecular weight excluding hydrogens is 418 g/mol. The maximum atomic E-state index is 12.2. The summed E-state index contributed by atoms with van der Waals surface area (Å²) in [5.41, 5.74) is 3.40. The number of nitrogens with one attached hydrogen (secondary N) is 2. The second-order valence-electron chi connectivity index (χ2n) is 7.22. The molecule has 8 heteroatoms. The van der Waals surface area contributed by atoms with Crippen LogP contribution < -0.4 is 15.4 Å². The van der Waals surface area contributed by atoms with Gasteiger partial charge in [0.05, 0.1) is 6.54 Å². The van der Waals surface area contributed by atoms with Crippen molar-refractivity contribution >= 4 is 46.4 Å². The summed E-state index contributed by atoms with van der Waals surface area (Å²) in [6, 6.07) is 12.4. The maximum Gasteiger partial charge on any atom is 0.328 e. The fourth-order valence-electron chi connectivity index (χ4n) is 3.64. The first-order valence-electron chi connectivity index (χ1n) is 9.70. The molecule has 1 saturated heterocycles. The van der Waals surface area contributed by atoms with Crippen LogP contribution in [0.5, 0.6) is 5.75 Å². The number of nitrogens with zero attached hydrogens (tertiary/aromatic N) is 1. The summed E-state index contributed by atoms with van der Waals surface area (Å²) in [4.78, 5) is 35.6. The number of ether oxygens (including phenoxy) is 1. The van der Waals surface area contributed by atoms with E-state index in [0.29, 0.717) is 18.2 Å². The van der Waals surface area contributed by atoms with Crippen molar-refractivity contribution < 1.29 is 19.1 Å². The first-order valence-corrected chi connectivity index (χ1v) is 10.1. The van der Waals surface area contributed by atoms with Crippen molar-refractivity contribution in [3.8, 4) is 5.75 Å². The van der Waals surface area contributed by atoms with Gasteiger partial charge in [0.1, 0.15) is 17.9 Å². The number of hydrogen-bond donors (Lipinski definition) is 2. The van der Waals surface area contributed by atoms with Gasteiger partial charge in [-0.1, -0.05) is 29.8 Å². The van der Waals surface area contributed by atoms with Gasteiger partial charge in [0, 0.05) is 27.2 Å². The highest BCUT2D eigenvalue weighted by Gasteiger charge is 2.28. The van der Waals surface area contributed by atoms with Crippen LogP contribution in [0.25, 0.3) is 17.0 Å². The normalized spacial score (nSPS) is 13.9. The lowest BCUT2D eigenvalue weighted by Crippen LogP contribution is -2.51. The van der Waals surface area contributed by atoms with Crippen LogP contribution in [0.3, 0.4) is 0 Å². The molecule has 3 aromatic rings. The zero-order valence-electron chi connectivity index (χ0n) is 17.0. The van der Waals surface area contributed by atoms with Crippen molar-refractivity contribution in [2.45, 2.75) is 20.4 Å². The third-order valence-electron chi connectivity index (χ3n) is 5.22. The average Bonchev–Trinajstić information content (AvgIpc) is 2.99. The highest BCUT2D eigenvalue weighted by molar-refractivity contribution is 6.31. The molecular formula is C23H20ClN3O4. The molecule has 2 heterocycles. The smallest absolute Gasteiger partial charge is 0.328 e. The van der Waals surface area contributed by atoms with Gasteiger partial charge in [-0.3, -0.25) is 20.2 Å². The SMILES string of the molecule is Cc1cc(OCCn2c(C)c(C=C3C(=O)NC(=O)NC3=O)c3ccccc32)ccc1Cl. The number of para-hydroxylation sites is 1. The molecule has 0 aliphatic carbocycles. The fourth-order valence-corrected chi connectivity index (χ4v) is 3.76. The van der Waals surface area contributed by atoms with Gasteiger partial charge in [-0.15, -0.1) is 0 Å². The van der Waals surface area contributed by atoms with E-state index in [9.17, 15) is 14.4 Å². The molecule has 4 rings (SSSR count). The van der Waals surface area contributed by atoms with E-state index in [2.05, 4.69) is 15.2 Å². The highest BCUT2D eigenvalue weighted by Crippen LogP contribution is 2.28. The first kappa shape index (κ1) is 20.7. The lowest BCUT2D eigenvalue weighted by molar-refractivity contribution is -0.123. The zero-order chi connectivity index (χ0) is 22.1. The number of fused-ring (bicyclic) bond motifs is 1. The Labute approximate surface area is 183 Å². The molecule has 158 valence electrons. The van der Waals surface area contributed by atoms with E-state index < -0.39 is 17.8 Å². The quantitative estimate of drug-likeness (QED) is 0.470. The topological polar surface area (TPSA) is 89.4 Å². The molecule has 1 aliphatic rings. The predicted molar refractivity (Wildman–Crippen MR) is 118 cm³/mol. The minimum absolute atomic E-state index is 0.113. The summed E-state index contributed by atoms with van der Waals surface area (Å²) in [6.07, 6.45) is 1.52. The van der Waals surface area contributed by atoms with E-state index in [4.69, 9.17) is 16.3 Å². The lowest BCUT2D eigenvalue weighted by atomic mass is 10.1. The number of amides is 4. The van der Waals surface area contributed by atoms with Gasteiger partial charge in [-0.05, 0) is 49.8 Å². The summed E-state index contributed by atoms with van der Waals surface area (Å²) >= 11 is 6.07. The van der Waals surface area contributed by atoms with E-state index in [1.165, 1.54) is 6.08 Å². The van der Waals surface area contributed by atoms with E-state index in [-0.39, 0.29) is 5.57 Å². The summed E-state index contributed by atoms with van der Waals surface area (Å²) in [5, 5.41) is 5.79. The minimum atomic E-state index is -0.819. The Morgan fingerprint density at radius 1 is 1.03 bits per heavy atom. The number of hydrogen-bond acceptors (Lipinski definition) is 4. The fraction of sp³-hybridized carbons (Fsp3) is 0.174. The average molecular weight is 438 g/mol. The standard InChI is InChI=1S/C23H20ClN3O4/c1-13-11-15(7-8-19(13)24)31-10-9-27-14(2)17(16-5-3-4-6-20(16)27)12-18-21(28)25-23(30)26-22(18)29/h3-8,11-12H,9-10H2,1-2H3,(H2,25,26,28,29,30). The van der Waals surface area contributed by atoms with Gasteiger partial charge < -0.3 is 9.30 Å². The molecule has 0 spiro atoms. The van der Waals surface area contributed by atoms with Crippen LogP contribution in [0.15, 0.2) is 48.0 Å². The number of rotatable bonds is 5. The number of carbonyl (C=O) groups is 3. The Morgan fingerprint density at radius 3 is 2.45 bits per heavy atom. The van der Waals surface area contributed by atoms with Gasteiger partial charge in [0.25, 0.3) is 11.8 Å². The van der Waals surface area contributed by atoms with Crippen molar-refractivity contribution in [1.82, 2.24) is 15.2 Å². The number of urea groups is 1. The van der Waals surface area contributed by atoms with Crippen molar-refractivity contribution in [2.24, 2.45) is 0 Å². The number of carbonyl (C=O) groups excluding carboxylic acids is 3. The van der Waals surface area contributed by atoms with Crippen LogP contribution >= 0.6 is 11.6 Å². The summed E-state index contributed by atoms with van der Waals surface area (Å²) in [6.45, 7) is 4.83. The third-order valence-corrected chi connectivity index (χ3v) is 5.65. The van der Waals surface area contributed by atoms with Gasteiger partial charge in [-0.2, -0.15) is 0 Å². The number of halogens is 1. The predicted octanol–water partition coefficient (Wildman–Crippen LogP) is 3.74. The number of aryl methyl sites for hydroxylation is 1. The molecule has 2 aromatic carbocycles. The van der Waals surface area contributed by atoms with Gasteiger partial charge in [0.2, 0.25) is 0 Å². The zero-order valence-corrected chi connectivity index (χ0v) is 17.7. The number of imide groups is 2. The molecule has 4 amide bonds. The number of benzene rings is 2. The second kappa shape index (κ2) is 8.28. The van der Waals surface area contributed by atoms with Crippen molar-refractivity contribution in [2.75, 3.05) is 6.61 Å². The van der Waals surface area contributed by atoms with E-state index in [1.807, 2.05) is 50.2 Å². The Balaban J connectivity index is 1.64. The Morgan fingerprint density at radius 2 is 1.74 bits per heavy atom. The molecule has 0 radical (unpaired) electrons. The Kier molecular flexibility index (Phi) is 5.52. The maximum absolute atomic E-state index is 12.2.